The van der Waals surface area contributed by atoms with Gasteiger partial charge in [-0.05, 0) is 13.8 Å². The van der Waals surface area contributed by atoms with Crippen LogP contribution in [0.3, 0.4) is 0 Å². The molecule has 0 aliphatic rings. The van der Waals surface area contributed by atoms with Crippen molar-refractivity contribution < 1.29 is 9.90 Å². The van der Waals surface area contributed by atoms with Gasteiger partial charge in [0.15, 0.2) is 0 Å². The van der Waals surface area contributed by atoms with E-state index in [4.69, 9.17) is 5.11 Å². The first-order valence-electron chi connectivity index (χ1n) is 4.51. The van der Waals surface area contributed by atoms with Crippen molar-refractivity contribution in [1.82, 2.24) is 4.57 Å². The Bertz CT molecular complexity index is 218. The number of likely N-dealkylation sites (N-methyl/N-ethyl adjacent to an activating group) is 1. The van der Waals surface area contributed by atoms with Crippen LogP contribution in [0, 0.1) is 0 Å². The smallest absolute Gasteiger partial charge is 0.351 e. The van der Waals surface area contributed by atoms with Gasteiger partial charge in [0, 0.05) is 6.54 Å². The lowest BCUT2D eigenvalue weighted by Gasteiger charge is -2.35. The van der Waals surface area contributed by atoms with E-state index in [0.29, 0.717) is 5.70 Å². The van der Waals surface area contributed by atoms with E-state index in [1.807, 2.05) is 11.5 Å². The molecule has 0 saturated carbocycles. The molecule has 1 N–H and O–H groups in total. The van der Waals surface area contributed by atoms with E-state index in [0.717, 1.165) is 6.54 Å². The largest absolute Gasteiger partial charge is 0.477 e. The molecular formula is C9H19NO2Si. The SMILES string of the molecule is CC=C(C(=O)O)N(CC)[Si](C)(C)C. The Balaban J connectivity index is 4.87. The fraction of sp³-hybridized carbons (Fsp3) is 0.667. The highest BCUT2D eigenvalue weighted by Crippen LogP contribution is 2.16. The highest BCUT2D eigenvalue weighted by Gasteiger charge is 2.27. The number of carbonyl (C=O) groups is 1. The molecule has 76 valence electrons. The molecule has 0 fully saturated rings. The zero-order valence-electron chi connectivity index (χ0n) is 9.09. The highest BCUT2D eigenvalue weighted by atomic mass is 28.3. The van der Waals surface area contributed by atoms with Gasteiger partial charge in [0.1, 0.15) is 13.9 Å². The molecule has 4 heteroatoms. The summed E-state index contributed by atoms with van der Waals surface area (Å²) in [5, 5.41) is 8.95. The van der Waals surface area contributed by atoms with Gasteiger partial charge in [-0.25, -0.2) is 4.79 Å². The lowest BCUT2D eigenvalue weighted by atomic mass is 10.4. The van der Waals surface area contributed by atoms with Crippen LogP contribution in [-0.2, 0) is 4.79 Å². The van der Waals surface area contributed by atoms with Crippen molar-refractivity contribution in [2.45, 2.75) is 33.5 Å². The molecule has 0 rings (SSSR count). The van der Waals surface area contributed by atoms with Crippen molar-refractivity contribution in [3.63, 3.8) is 0 Å². The van der Waals surface area contributed by atoms with Crippen molar-refractivity contribution in [3.8, 4) is 0 Å². The fourth-order valence-corrected chi connectivity index (χ4v) is 3.30. The lowest BCUT2D eigenvalue weighted by molar-refractivity contribution is -0.133. The minimum atomic E-state index is -1.55. The second-order valence-electron chi connectivity index (χ2n) is 3.89. The van der Waals surface area contributed by atoms with E-state index in [9.17, 15) is 4.79 Å². The molecule has 0 aromatic rings. The predicted molar refractivity (Wildman–Crippen MR) is 57.1 cm³/mol. The third-order valence-corrected chi connectivity index (χ3v) is 4.09. The Labute approximate surface area is 81.1 Å². The van der Waals surface area contributed by atoms with E-state index in [1.165, 1.54) is 0 Å². The zero-order chi connectivity index (χ0) is 10.6. The number of aliphatic carboxylic acids is 1. The number of carboxylic acid groups (broad SMARTS) is 1. The molecule has 0 bridgehead atoms. The first-order chi connectivity index (χ1) is 5.84. The van der Waals surface area contributed by atoms with E-state index in [1.54, 1.807) is 13.0 Å². The number of nitrogens with zero attached hydrogens (tertiary/aromatic N) is 1. The van der Waals surface area contributed by atoms with Gasteiger partial charge < -0.3 is 9.67 Å². The monoisotopic (exact) mass is 201 g/mol. The zero-order valence-corrected chi connectivity index (χ0v) is 10.1. The third-order valence-electron chi connectivity index (χ3n) is 1.91. The molecule has 0 radical (unpaired) electrons. The van der Waals surface area contributed by atoms with Crippen LogP contribution in [0.15, 0.2) is 11.8 Å². The maximum absolute atomic E-state index is 10.9. The van der Waals surface area contributed by atoms with Crippen LogP contribution in [0.4, 0.5) is 0 Å². The molecule has 0 aliphatic carbocycles. The summed E-state index contributed by atoms with van der Waals surface area (Å²) in [6, 6.07) is 0. The second kappa shape index (κ2) is 4.46. The number of carboxylic acids is 1. The van der Waals surface area contributed by atoms with Crippen LogP contribution in [0.2, 0.25) is 19.6 Å². The maximum atomic E-state index is 10.9. The van der Waals surface area contributed by atoms with Gasteiger partial charge in [0.2, 0.25) is 0 Å². The Morgan fingerprint density at radius 1 is 1.46 bits per heavy atom. The maximum Gasteiger partial charge on any atom is 0.351 e. The molecule has 0 spiro atoms. The van der Waals surface area contributed by atoms with E-state index >= 15 is 0 Å². The summed E-state index contributed by atoms with van der Waals surface area (Å²) in [6.45, 7) is 11.0. The summed E-state index contributed by atoms with van der Waals surface area (Å²) in [4.78, 5) is 10.9. The Kier molecular flexibility index (Phi) is 4.19. The van der Waals surface area contributed by atoms with Gasteiger partial charge in [-0.15, -0.1) is 0 Å². The van der Waals surface area contributed by atoms with Gasteiger partial charge in [-0.3, -0.25) is 0 Å². The highest BCUT2D eigenvalue weighted by molar-refractivity contribution is 6.74. The first kappa shape index (κ1) is 12.2. The topological polar surface area (TPSA) is 40.5 Å². The minimum absolute atomic E-state index is 0.432. The molecule has 0 unspecified atom stereocenters. The quantitative estimate of drug-likeness (QED) is 0.559. The lowest BCUT2D eigenvalue weighted by Crippen LogP contribution is -2.46. The summed E-state index contributed by atoms with van der Waals surface area (Å²) < 4.78 is 2.01. The van der Waals surface area contributed by atoms with Crippen LogP contribution in [0.25, 0.3) is 0 Å². The normalized spacial score (nSPS) is 12.8. The standard InChI is InChI=1S/C9H19NO2Si/c1-6-8(9(11)12)10(7-2)13(3,4)5/h6H,7H2,1-5H3,(H,11,12). The molecule has 13 heavy (non-hydrogen) atoms. The molecule has 0 aromatic carbocycles. The average Bonchev–Trinajstić information content (AvgIpc) is 1.96. The summed E-state index contributed by atoms with van der Waals surface area (Å²) in [5.74, 6) is -0.827. The van der Waals surface area contributed by atoms with E-state index in [2.05, 4.69) is 19.6 Å². The molecule has 3 nitrogen and oxygen atoms in total. The minimum Gasteiger partial charge on any atom is -0.477 e. The molecule has 0 saturated heterocycles. The molecule has 0 atom stereocenters. The van der Waals surface area contributed by atoms with E-state index in [-0.39, 0.29) is 0 Å². The number of hydrogen-bond acceptors (Lipinski definition) is 2. The summed E-state index contributed by atoms with van der Waals surface area (Å²) in [6.07, 6.45) is 1.67. The third kappa shape index (κ3) is 3.22. The number of allylic oxidation sites excluding steroid dienone is 1. The number of rotatable bonds is 4. The average molecular weight is 201 g/mol. The van der Waals surface area contributed by atoms with Gasteiger partial charge >= 0.3 is 5.97 Å². The summed E-state index contributed by atoms with van der Waals surface area (Å²) in [7, 11) is -1.55. The van der Waals surface area contributed by atoms with Crippen LogP contribution in [0.5, 0.6) is 0 Å². The molecule has 0 amide bonds. The van der Waals surface area contributed by atoms with Gasteiger partial charge in [-0.2, -0.15) is 0 Å². The van der Waals surface area contributed by atoms with Crippen molar-refractivity contribution in [3.05, 3.63) is 11.8 Å². The van der Waals surface area contributed by atoms with E-state index < -0.39 is 14.2 Å². The molecule has 0 aliphatic heterocycles. The van der Waals surface area contributed by atoms with Gasteiger partial charge in [-0.1, -0.05) is 25.7 Å². The van der Waals surface area contributed by atoms with Crippen LogP contribution in [0.1, 0.15) is 13.8 Å². The Morgan fingerprint density at radius 3 is 2.00 bits per heavy atom. The van der Waals surface area contributed by atoms with Crippen LogP contribution >= 0.6 is 0 Å². The van der Waals surface area contributed by atoms with Crippen molar-refractivity contribution >= 4 is 14.2 Å². The fourth-order valence-electron chi connectivity index (χ4n) is 1.40. The van der Waals surface area contributed by atoms with Crippen molar-refractivity contribution in [1.29, 1.82) is 0 Å². The summed E-state index contributed by atoms with van der Waals surface area (Å²) >= 11 is 0. The Hall–Kier alpha value is -0.773. The van der Waals surface area contributed by atoms with Crippen molar-refractivity contribution in [2.75, 3.05) is 6.54 Å². The van der Waals surface area contributed by atoms with Crippen LogP contribution in [-0.4, -0.2) is 30.4 Å². The second-order valence-corrected chi connectivity index (χ2v) is 8.78. The molecule has 0 heterocycles. The number of hydrogen-bond donors (Lipinski definition) is 1. The van der Waals surface area contributed by atoms with Crippen LogP contribution < -0.4 is 0 Å². The predicted octanol–water partition coefficient (Wildman–Crippen LogP) is 2.13. The first-order valence-corrected chi connectivity index (χ1v) is 7.96. The van der Waals surface area contributed by atoms with Gasteiger partial charge in [0.25, 0.3) is 0 Å². The molecular weight excluding hydrogens is 182 g/mol. The molecule has 0 aromatic heterocycles. The Morgan fingerprint density at radius 2 is 1.92 bits per heavy atom. The van der Waals surface area contributed by atoms with Crippen molar-refractivity contribution in [2.24, 2.45) is 0 Å². The summed E-state index contributed by atoms with van der Waals surface area (Å²) in [5.41, 5.74) is 0.432. The van der Waals surface area contributed by atoms with Gasteiger partial charge in [0.05, 0.1) is 0 Å².